The molecule has 2 heterocycles. The van der Waals surface area contributed by atoms with E-state index in [1.807, 2.05) is 6.92 Å². The van der Waals surface area contributed by atoms with Crippen molar-refractivity contribution in [1.82, 2.24) is 10.2 Å². The van der Waals surface area contributed by atoms with Gasteiger partial charge < -0.3 is 4.74 Å². The molecule has 2 rings (SSSR count). The smallest absolute Gasteiger partial charge is 0.348 e. The van der Waals surface area contributed by atoms with Gasteiger partial charge in [0.2, 0.25) is 0 Å². The number of aromatic nitrogens is 2. The zero-order valence-electron chi connectivity index (χ0n) is 7.96. The van der Waals surface area contributed by atoms with Crippen LogP contribution in [0, 0.1) is 0 Å². The summed E-state index contributed by atoms with van der Waals surface area (Å²) >= 11 is 1.42. The quantitative estimate of drug-likeness (QED) is 0.771. The van der Waals surface area contributed by atoms with Crippen LogP contribution >= 0.6 is 11.3 Å². The second-order valence-corrected chi connectivity index (χ2v) is 3.92. The van der Waals surface area contributed by atoms with Crippen LogP contribution < -0.4 is 0 Å². The molecule has 0 bridgehead atoms. The molecule has 0 aliphatic heterocycles. The van der Waals surface area contributed by atoms with Gasteiger partial charge in [0.1, 0.15) is 10.4 Å². The van der Waals surface area contributed by atoms with Crippen molar-refractivity contribution in [3.05, 3.63) is 16.6 Å². The van der Waals surface area contributed by atoms with E-state index in [4.69, 9.17) is 0 Å². The fourth-order valence-electron chi connectivity index (χ4n) is 1.30. The Bertz CT molecular complexity index is 472. The minimum atomic E-state index is -0.296. The van der Waals surface area contributed by atoms with Crippen molar-refractivity contribution in [2.75, 3.05) is 7.11 Å². The molecule has 4 nitrogen and oxygen atoms in total. The molecule has 0 aliphatic rings. The van der Waals surface area contributed by atoms with E-state index in [9.17, 15) is 4.79 Å². The summed E-state index contributed by atoms with van der Waals surface area (Å²) in [6, 6.07) is 1.75. The molecule has 5 heteroatoms. The maximum atomic E-state index is 11.2. The summed E-state index contributed by atoms with van der Waals surface area (Å²) in [5.74, 6) is -0.296. The molecule has 2 aromatic rings. The van der Waals surface area contributed by atoms with E-state index < -0.39 is 0 Å². The summed E-state index contributed by atoms with van der Waals surface area (Å²) in [6.45, 7) is 2.05. The Labute approximate surface area is 84.9 Å². The lowest BCUT2D eigenvalue weighted by Gasteiger charge is -1.91. The lowest BCUT2D eigenvalue weighted by molar-refractivity contribution is 0.0606. The Morgan fingerprint density at radius 2 is 2.50 bits per heavy atom. The van der Waals surface area contributed by atoms with Crippen LogP contribution in [0.5, 0.6) is 0 Å². The second kappa shape index (κ2) is 3.42. The minimum Gasteiger partial charge on any atom is -0.465 e. The number of aromatic amines is 1. The molecule has 74 valence electrons. The monoisotopic (exact) mass is 210 g/mol. The summed E-state index contributed by atoms with van der Waals surface area (Å²) in [5, 5.41) is 7.04. The number of esters is 1. The van der Waals surface area contributed by atoms with E-state index in [2.05, 4.69) is 14.9 Å². The van der Waals surface area contributed by atoms with Crippen LogP contribution in [0.1, 0.15) is 22.3 Å². The number of ether oxygens (including phenoxy) is 1. The molecule has 0 saturated heterocycles. The van der Waals surface area contributed by atoms with Gasteiger partial charge in [-0.3, -0.25) is 5.10 Å². The van der Waals surface area contributed by atoms with Crippen LogP contribution in [0.15, 0.2) is 6.07 Å². The Morgan fingerprint density at radius 1 is 1.71 bits per heavy atom. The van der Waals surface area contributed by atoms with Crippen LogP contribution in [-0.4, -0.2) is 23.3 Å². The molecule has 0 saturated carbocycles. The van der Waals surface area contributed by atoms with Crippen molar-refractivity contribution in [3.8, 4) is 0 Å². The number of aryl methyl sites for hydroxylation is 1. The number of hydrogen-bond donors (Lipinski definition) is 1. The molecule has 1 N–H and O–H groups in total. The highest BCUT2D eigenvalue weighted by atomic mass is 32.1. The first-order valence-electron chi connectivity index (χ1n) is 4.31. The molecule has 14 heavy (non-hydrogen) atoms. The Kier molecular flexibility index (Phi) is 2.25. The molecule has 0 unspecified atom stereocenters. The number of hydrogen-bond acceptors (Lipinski definition) is 4. The van der Waals surface area contributed by atoms with E-state index in [-0.39, 0.29) is 5.97 Å². The number of fused-ring (bicyclic) bond motifs is 1. The van der Waals surface area contributed by atoms with Gasteiger partial charge in [-0.15, -0.1) is 11.3 Å². The van der Waals surface area contributed by atoms with Crippen LogP contribution in [0.3, 0.4) is 0 Å². The molecule has 0 spiro atoms. The molecule has 0 aliphatic carbocycles. The van der Waals surface area contributed by atoms with Crippen LogP contribution in [0.4, 0.5) is 0 Å². The van der Waals surface area contributed by atoms with Gasteiger partial charge in [0, 0.05) is 0 Å². The number of carbonyl (C=O) groups excluding carboxylic acids is 1. The Morgan fingerprint density at radius 3 is 3.14 bits per heavy atom. The highest BCUT2D eigenvalue weighted by Crippen LogP contribution is 2.27. The van der Waals surface area contributed by atoms with Gasteiger partial charge in [-0.25, -0.2) is 4.79 Å². The van der Waals surface area contributed by atoms with Gasteiger partial charge in [0.05, 0.1) is 17.5 Å². The van der Waals surface area contributed by atoms with E-state index in [1.165, 1.54) is 18.4 Å². The number of carbonyl (C=O) groups is 1. The van der Waals surface area contributed by atoms with Gasteiger partial charge in [-0.05, 0) is 12.5 Å². The van der Waals surface area contributed by atoms with Gasteiger partial charge in [0.25, 0.3) is 0 Å². The topological polar surface area (TPSA) is 55.0 Å². The van der Waals surface area contributed by atoms with Gasteiger partial charge in [-0.1, -0.05) is 6.92 Å². The first kappa shape index (κ1) is 9.21. The third-order valence-electron chi connectivity index (χ3n) is 2.04. The fourth-order valence-corrected chi connectivity index (χ4v) is 2.38. The molecule has 0 fully saturated rings. The van der Waals surface area contributed by atoms with Crippen molar-refractivity contribution in [2.24, 2.45) is 0 Å². The van der Waals surface area contributed by atoms with Crippen LogP contribution in [0.2, 0.25) is 0 Å². The number of methoxy groups -OCH3 is 1. The summed E-state index contributed by atoms with van der Waals surface area (Å²) < 4.78 is 5.69. The molecular formula is C9H10N2O2S. The zero-order valence-corrected chi connectivity index (χ0v) is 8.77. The van der Waals surface area contributed by atoms with E-state index in [0.717, 1.165) is 22.3 Å². The van der Waals surface area contributed by atoms with Gasteiger partial charge >= 0.3 is 5.97 Å². The molecule has 2 aromatic heterocycles. The van der Waals surface area contributed by atoms with Crippen molar-refractivity contribution in [2.45, 2.75) is 13.3 Å². The summed E-state index contributed by atoms with van der Waals surface area (Å²) in [4.78, 5) is 11.8. The number of nitrogens with one attached hydrogen (secondary N) is 1. The number of nitrogens with zero attached hydrogens (tertiary/aromatic N) is 1. The minimum absolute atomic E-state index is 0.296. The first-order valence-corrected chi connectivity index (χ1v) is 5.13. The van der Waals surface area contributed by atoms with Crippen molar-refractivity contribution in [3.63, 3.8) is 0 Å². The first-order chi connectivity index (χ1) is 6.76. The predicted molar refractivity (Wildman–Crippen MR) is 54.7 cm³/mol. The molecule has 0 atom stereocenters. The average molecular weight is 210 g/mol. The standard InChI is InChI=1S/C9H10N2O2S/c1-3-5-8-6(11-10-5)4-7(14-8)9(12)13-2/h4H,3H2,1-2H3,(H,10,11). The van der Waals surface area contributed by atoms with Crippen molar-refractivity contribution in [1.29, 1.82) is 0 Å². The second-order valence-electron chi connectivity index (χ2n) is 2.87. The predicted octanol–water partition coefficient (Wildman–Crippen LogP) is 1.97. The summed E-state index contributed by atoms with van der Waals surface area (Å²) in [6.07, 6.45) is 0.887. The molecular weight excluding hydrogens is 200 g/mol. The molecule has 0 aromatic carbocycles. The SMILES string of the molecule is CCc1[nH]nc2cc(C(=O)OC)sc12. The van der Waals surface area contributed by atoms with Crippen molar-refractivity contribution < 1.29 is 9.53 Å². The lowest BCUT2D eigenvalue weighted by atomic mass is 10.3. The van der Waals surface area contributed by atoms with Crippen LogP contribution in [-0.2, 0) is 11.2 Å². The Hall–Kier alpha value is -1.36. The number of H-pyrrole nitrogens is 1. The third-order valence-corrected chi connectivity index (χ3v) is 3.20. The largest absolute Gasteiger partial charge is 0.465 e. The maximum absolute atomic E-state index is 11.2. The normalized spacial score (nSPS) is 10.7. The van der Waals surface area contributed by atoms with E-state index in [1.54, 1.807) is 6.07 Å². The van der Waals surface area contributed by atoms with Crippen LogP contribution in [0.25, 0.3) is 10.2 Å². The van der Waals surface area contributed by atoms with Gasteiger partial charge in [-0.2, -0.15) is 5.10 Å². The summed E-state index contributed by atoms with van der Waals surface area (Å²) in [5.41, 5.74) is 1.91. The maximum Gasteiger partial charge on any atom is 0.348 e. The van der Waals surface area contributed by atoms with E-state index in [0.29, 0.717) is 4.88 Å². The number of rotatable bonds is 2. The van der Waals surface area contributed by atoms with E-state index >= 15 is 0 Å². The molecule has 0 amide bonds. The van der Waals surface area contributed by atoms with Crippen molar-refractivity contribution >= 4 is 27.5 Å². The Balaban J connectivity index is 2.52. The highest BCUT2D eigenvalue weighted by Gasteiger charge is 2.14. The highest BCUT2D eigenvalue weighted by molar-refractivity contribution is 7.20. The number of thiophene rings is 1. The average Bonchev–Trinajstić information content (AvgIpc) is 2.74. The molecule has 0 radical (unpaired) electrons. The zero-order chi connectivity index (χ0) is 10.1. The summed E-state index contributed by atoms with van der Waals surface area (Å²) in [7, 11) is 1.38. The van der Waals surface area contributed by atoms with Gasteiger partial charge in [0.15, 0.2) is 0 Å². The fraction of sp³-hybridized carbons (Fsp3) is 0.333. The third kappa shape index (κ3) is 1.29. The lowest BCUT2D eigenvalue weighted by Crippen LogP contribution is -1.96.